The van der Waals surface area contributed by atoms with Crippen molar-refractivity contribution in [3.8, 4) is 0 Å². The summed E-state index contributed by atoms with van der Waals surface area (Å²) >= 11 is 0. The van der Waals surface area contributed by atoms with Crippen LogP contribution < -0.4 is 5.73 Å². The fourth-order valence-corrected chi connectivity index (χ4v) is 8.31. The summed E-state index contributed by atoms with van der Waals surface area (Å²) < 4.78 is 34.7. The first-order valence-corrected chi connectivity index (χ1v) is 11.9. The zero-order valence-corrected chi connectivity index (χ0v) is 19.5. The van der Waals surface area contributed by atoms with Crippen molar-refractivity contribution in [3.63, 3.8) is 0 Å². The molecule has 4 aliphatic rings. The van der Waals surface area contributed by atoms with Crippen molar-refractivity contribution in [2.24, 2.45) is 40.2 Å². The van der Waals surface area contributed by atoms with Crippen LogP contribution in [0.2, 0.25) is 0 Å². The van der Waals surface area contributed by atoms with E-state index in [-0.39, 0.29) is 24.0 Å². The molecule has 4 rings (SSSR count). The van der Waals surface area contributed by atoms with Crippen LogP contribution in [-0.4, -0.2) is 58.0 Å². The lowest BCUT2D eigenvalue weighted by Gasteiger charge is -2.65. The first kappa shape index (κ1) is 24.7. The van der Waals surface area contributed by atoms with Crippen LogP contribution in [0.5, 0.6) is 0 Å². The lowest BCUT2D eigenvalue weighted by Crippen LogP contribution is -2.71. The second-order valence-electron chi connectivity index (χ2n) is 11.4. The van der Waals surface area contributed by atoms with Gasteiger partial charge in [0.05, 0.1) is 6.10 Å². The third kappa shape index (κ3) is 3.11. The summed E-state index contributed by atoms with van der Waals surface area (Å²) in [4.78, 5) is 36.6. The maximum absolute atomic E-state index is 17.1. The van der Waals surface area contributed by atoms with Gasteiger partial charge in [0.25, 0.3) is 0 Å². The van der Waals surface area contributed by atoms with Gasteiger partial charge in [-0.3, -0.25) is 15.3 Å². The number of alkyl halides is 2. The molecule has 7 nitrogen and oxygen atoms in total. The Balaban J connectivity index is 1.67. The SMILES string of the molecule is C[C@H]1CC2C3CCC4CC(=O)CC[C@]4(C)[C@@]3(F)[C@@H](O)C[C@]2(C)[C@@]1(O)C(=O)COC(=O)C(N)F. The van der Waals surface area contributed by atoms with E-state index >= 15 is 4.39 Å². The number of aliphatic hydroxyl groups excluding tert-OH is 1. The van der Waals surface area contributed by atoms with E-state index in [1.54, 1.807) is 13.8 Å². The number of fused-ring (bicyclic) bond motifs is 5. The number of halogens is 2. The predicted molar refractivity (Wildman–Crippen MR) is 113 cm³/mol. The van der Waals surface area contributed by atoms with E-state index in [2.05, 4.69) is 4.74 Å². The Morgan fingerprint density at radius 1 is 1.24 bits per heavy atom. The van der Waals surface area contributed by atoms with Crippen molar-refractivity contribution >= 4 is 17.5 Å². The van der Waals surface area contributed by atoms with Gasteiger partial charge in [-0.25, -0.2) is 13.6 Å². The number of aliphatic hydroxyl groups is 2. The van der Waals surface area contributed by atoms with Gasteiger partial charge in [0, 0.05) is 23.7 Å². The minimum absolute atomic E-state index is 0.131. The van der Waals surface area contributed by atoms with E-state index < -0.39 is 64.7 Å². The molecule has 0 aliphatic heterocycles. The molecule has 4 aliphatic carbocycles. The topological polar surface area (TPSA) is 127 Å². The van der Waals surface area contributed by atoms with E-state index in [4.69, 9.17) is 5.73 Å². The highest BCUT2D eigenvalue weighted by atomic mass is 19.1. The molecule has 0 heterocycles. The van der Waals surface area contributed by atoms with E-state index in [0.717, 1.165) is 0 Å². The highest BCUT2D eigenvalue weighted by molar-refractivity contribution is 5.91. The molecule has 186 valence electrons. The van der Waals surface area contributed by atoms with Gasteiger partial charge < -0.3 is 14.9 Å². The summed E-state index contributed by atoms with van der Waals surface area (Å²) in [5, 5.41) is 23.0. The molecule has 0 aromatic rings. The van der Waals surface area contributed by atoms with Gasteiger partial charge in [-0.1, -0.05) is 20.8 Å². The Morgan fingerprint density at radius 3 is 2.55 bits per heavy atom. The zero-order chi connectivity index (χ0) is 24.6. The van der Waals surface area contributed by atoms with Crippen LogP contribution in [0.4, 0.5) is 8.78 Å². The Hall–Kier alpha value is -1.45. The molecular formula is C24H35F2NO6. The van der Waals surface area contributed by atoms with Gasteiger partial charge in [-0.2, -0.15) is 0 Å². The van der Waals surface area contributed by atoms with Crippen LogP contribution in [0.15, 0.2) is 0 Å². The van der Waals surface area contributed by atoms with Crippen LogP contribution in [0, 0.1) is 34.5 Å². The number of carbonyl (C=O) groups is 3. The third-order valence-electron chi connectivity index (χ3n) is 10.1. The lowest BCUT2D eigenvalue weighted by atomic mass is 9.42. The average molecular weight is 472 g/mol. The molecule has 4 saturated carbocycles. The molecule has 9 heteroatoms. The number of Topliss-reactive ketones (excluding diaryl/α,β-unsaturated/α-hetero) is 2. The normalized spacial score (nSPS) is 50.1. The maximum atomic E-state index is 17.1. The van der Waals surface area contributed by atoms with Crippen LogP contribution >= 0.6 is 0 Å². The molecule has 0 aromatic heterocycles. The van der Waals surface area contributed by atoms with Gasteiger partial charge in [0.1, 0.15) is 17.1 Å². The summed E-state index contributed by atoms with van der Waals surface area (Å²) in [7, 11) is 0. The van der Waals surface area contributed by atoms with E-state index in [0.29, 0.717) is 38.5 Å². The maximum Gasteiger partial charge on any atom is 0.356 e. The van der Waals surface area contributed by atoms with Crippen LogP contribution in [-0.2, 0) is 19.1 Å². The number of rotatable bonds is 4. The zero-order valence-electron chi connectivity index (χ0n) is 19.5. The third-order valence-corrected chi connectivity index (χ3v) is 10.1. The smallest absolute Gasteiger partial charge is 0.356 e. The first-order chi connectivity index (χ1) is 15.2. The molecule has 10 atom stereocenters. The van der Waals surface area contributed by atoms with E-state index in [1.165, 1.54) is 0 Å². The molecule has 4 unspecified atom stereocenters. The van der Waals surface area contributed by atoms with Crippen molar-refractivity contribution < 1.29 is 38.1 Å². The monoisotopic (exact) mass is 471 g/mol. The largest absolute Gasteiger partial charge is 0.454 e. The summed E-state index contributed by atoms with van der Waals surface area (Å²) in [6.07, 6.45) is -1.46. The number of nitrogens with two attached hydrogens (primary N) is 1. The van der Waals surface area contributed by atoms with Crippen molar-refractivity contribution in [2.45, 2.75) is 89.4 Å². The summed E-state index contributed by atoms with van der Waals surface area (Å²) in [6.45, 7) is 4.40. The minimum Gasteiger partial charge on any atom is -0.454 e. The molecule has 0 spiro atoms. The Bertz CT molecular complexity index is 868. The van der Waals surface area contributed by atoms with Gasteiger partial charge >= 0.3 is 5.97 Å². The standard InChI is InChI=1S/C24H35F2NO6/c1-12-8-16-15-5-4-13-9-14(28)6-7-21(13,2)23(15,26)17(29)10-22(16,3)24(12,32)18(30)11-33-20(31)19(25)27/h12-13,15-17,19,29,32H,4-11,27H2,1-3H3/t12-,13?,15?,16?,17-,19?,21-,22-,23-,24-/m0/s1. The van der Waals surface area contributed by atoms with Gasteiger partial charge in [0.2, 0.25) is 12.1 Å². The Morgan fingerprint density at radius 2 is 1.91 bits per heavy atom. The number of ketones is 2. The molecule has 33 heavy (non-hydrogen) atoms. The second kappa shape index (κ2) is 7.78. The van der Waals surface area contributed by atoms with E-state index in [9.17, 15) is 29.0 Å². The van der Waals surface area contributed by atoms with Gasteiger partial charge in [0.15, 0.2) is 6.61 Å². The predicted octanol–water partition coefficient (Wildman–Crippen LogP) is 2.00. The summed E-state index contributed by atoms with van der Waals surface area (Å²) in [5.41, 5.74) is -1.07. The number of hydrogen-bond acceptors (Lipinski definition) is 7. The molecule has 0 aromatic carbocycles. The Labute approximate surface area is 192 Å². The number of esters is 1. The molecule has 4 N–H and O–H groups in total. The quantitative estimate of drug-likeness (QED) is 0.423. The minimum atomic E-state index is -2.39. The number of carbonyl (C=O) groups excluding carboxylic acids is 3. The summed E-state index contributed by atoms with van der Waals surface area (Å²) in [6, 6.07) is 0. The van der Waals surface area contributed by atoms with Crippen molar-refractivity contribution in [1.82, 2.24) is 0 Å². The molecule has 0 bridgehead atoms. The van der Waals surface area contributed by atoms with Crippen LogP contribution in [0.3, 0.4) is 0 Å². The average Bonchev–Trinajstić information content (AvgIpc) is 2.94. The van der Waals surface area contributed by atoms with Crippen LogP contribution in [0.25, 0.3) is 0 Å². The second-order valence-corrected chi connectivity index (χ2v) is 11.4. The first-order valence-electron chi connectivity index (χ1n) is 11.9. The van der Waals surface area contributed by atoms with Crippen molar-refractivity contribution in [3.05, 3.63) is 0 Å². The molecule has 0 amide bonds. The van der Waals surface area contributed by atoms with Crippen molar-refractivity contribution in [1.29, 1.82) is 0 Å². The lowest BCUT2D eigenvalue weighted by molar-refractivity contribution is -0.255. The van der Waals surface area contributed by atoms with Crippen molar-refractivity contribution in [2.75, 3.05) is 6.61 Å². The molecular weight excluding hydrogens is 436 g/mol. The fourth-order valence-electron chi connectivity index (χ4n) is 8.31. The summed E-state index contributed by atoms with van der Waals surface area (Å²) in [5.74, 6) is -3.74. The number of ether oxygens (including phenoxy) is 1. The highest BCUT2D eigenvalue weighted by Gasteiger charge is 2.76. The Kier molecular flexibility index (Phi) is 5.82. The van der Waals surface area contributed by atoms with E-state index in [1.807, 2.05) is 6.92 Å². The number of hydrogen-bond donors (Lipinski definition) is 3. The fraction of sp³-hybridized carbons (Fsp3) is 0.875. The highest BCUT2D eigenvalue weighted by Crippen LogP contribution is 2.71. The molecule has 0 radical (unpaired) electrons. The van der Waals surface area contributed by atoms with Gasteiger partial charge in [-0.05, 0) is 55.8 Å². The molecule has 0 saturated heterocycles. The van der Waals surface area contributed by atoms with Gasteiger partial charge in [-0.15, -0.1) is 0 Å². The van der Waals surface area contributed by atoms with Crippen LogP contribution in [0.1, 0.15) is 65.7 Å². The molecule has 4 fully saturated rings.